The van der Waals surface area contributed by atoms with Crippen LogP contribution in [0.4, 0.5) is 0 Å². The van der Waals surface area contributed by atoms with Crippen molar-refractivity contribution >= 4 is 11.9 Å². The Hall–Kier alpha value is -1.14. The molecule has 1 saturated heterocycles. The molecule has 1 fully saturated rings. The molecule has 18 heavy (non-hydrogen) atoms. The molecule has 1 rings (SSSR count). The summed E-state index contributed by atoms with van der Waals surface area (Å²) in [6.07, 6.45) is 0. The van der Waals surface area contributed by atoms with E-state index in [4.69, 9.17) is 0 Å². The van der Waals surface area contributed by atoms with Gasteiger partial charge in [-0.2, -0.15) is 0 Å². The molecule has 0 aromatic heterocycles. The minimum Gasteiger partial charge on any atom is -0.247 e. The lowest BCUT2D eigenvalue weighted by Crippen LogP contribution is -2.52. The molecule has 1 heterocycles. The zero-order valence-corrected chi connectivity index (χ0v) is 11.7. The Labute approximate surface area is 106 Å². The first-order valence-corrected chi connectivity index (χ1v) is 5.75. The molecule has 1 aliphatic rings. The maximum absolute atomic E-state index is 11.9. The molecular weight excluding hydrogens is 240 g/mol. The zero-order chi connectivity index (χ0) is 14.2. The van der Waals surface area contributed by atoms with Gasteiger partial charge in [0.2, 0.25) is 5.60 Å². The van der Waals surface area contributed by atoms with Crippen LogP contribution in [0.1, 0.15) is 41.5 Å². The van der Waals surface area contributed by atoms with Gasteiger partial charge in [0, 0.05) is 0 Å². The molecule has 0 aliphatic carbocycles. The van der Waals surface area contributed by atoms with E-state index in [2.05, 4.69) is 19.6 Å². The van der Waals surface area contributed by atoms with E-state index in [0.29, 0.717) is 0 Å². The van der Waals surface area contributed by atoms with Crippen LogP contribution >= 0.6 is 0 Å². The molecule has 1 aliphatic heterocycles. The van der Waals surface area contributed by atoms with Crippen molar-refractivity contribution in [3.63, 3.8) is 0 Å². The standard InChI is InChI=1S/C12H20O6/c1-10(2,3)11(4,5)8(13)16-17-9(14)12(6)7-15-18-12/h7H2,1-6H3. The van der Waals surface area contributed by atoms with Gasteiger partial charge in [-0.25, -0.2) is 29.1 Å². The molecule has 0 amide bonds. The summed E-state index contributed by atoms with van der Waals surface area (Å²) in [5, 5.41) is 0. The average molecular weight is 260 g/mol. The smallest absolute Gasteiger partial charge is 0.247 e. The maximum Gasteiger partial charge on any atom is 0.392 e. The summed E-state index contributed by atoms with van der Waals surface area (Å²) in [6, 6.07) is 0. The normalized spacial score (nSPS) is 24.1. The van der Waals surface area contributed by atoms with E-state index in [0.717, 1.165) is 0 Å². The van der Waals surface area contributed by atoms with Crippen molar-refractivity contribution in [3.8, 4) is 0 Å². The predicted octanol–water partition coefficient (Wildman–Crippen LogP) is 1.78. The fourth-order valence-corrected chi connectivity index (χ4v) is 0.903. The molecule has 0 N–H and O–H groups in total. The average Bonchev–Trinajstić information content (AvgIpc) is 2.20. The summed E-state index contributed by atoms with van der Waals surface area (Å²) in [5.74, 6) is -1.39. The highest BCUT2D eigenvalue weighted by atomic mass is 17.3. The van der Waals surface area contributed by atoms with E-state index in [9.17, 15) is 9.59 Å². The van der Waals surface area contributed by atoms with Gasteiger partial charge in [-0.15, -0.1) is 0 Å². The lowest BCUT2D eigenvalue weighted by atomic mass is 9.69. The molecule has 6 heteroatoms. The van der Waals surface area contributed by atoms with Gasteiger partial charge in [0.1, 0.15) is 6.61 Å². The topological polar surface area (TPSA) is 71.1 Å². The molecule has 1 atom stereocenters. The summed E-state index contributed by atoms with van der Waals surface area (Å²) in [4.78, 5) is 41.5. The quantitative estimate of drug-likeness (QED) is 0.556. The lowest BCUT2D eigenvalue weighted by Gasteiger charge is -2.36. The first kappa shape index (κ1) is 14.9. The van der Waals surface area contributed by atoms with Gasteiger partial charge in [0.05, 0.1) is 5.41 Å². The van der Waals surface area contributed by atoms with Crippen molar-refractivity contribution in [2.75, 3.05) is 6.61 Å². The second-order valence-corrected chi connectivity index (χ2v) is 6.19. The van der Waals surface area contributed by atoms with Crippen LogP contribution in [0.2, 0.25) is 0 Å². The Morgan fingerprint density at radius 1 is 1.11 bits per heavy atom. The third-order valence-electron chi connectivity index (χ3n) is 3.59. The number of rotatable bonds is 2. The van der Waals surface area contributed by atoms with E-state index < -0.39 is 23.0 Å². The minimum absolute atomic E-state index is 0.0754. The molecule has 0 spiro atoms. The maximum atomic E-state index is 11.9. The second kappa shape index (κ2) is 4.51. The first-order valence-electron chi connectivity index (χ1n) is 5.75. The third-order valence-corrected chi connectivity index (χ3v) is 3.59. The molecule has 0 saturated carbocycles. The van der Waals surface area contributed by atoms with Crippen molar-refractivity contribution < 1.29 is 29.1 Å². The Kier molecular flexibility index (Phi) is 3.74. The van der Waals surface area contributed by atoms with Gasteiger partial charge in [-0.1, -0.05) is 20.8 Å². The number of carbonyl (C=O) groups is 2. The van der Waals surface area contributed by atoms with Gasteiger partial charge in [0.25, 0.3) is 0 Å². The predicted molar refractivity (Wildman–Crippen MR) is 60.9 cm³/mol. The van der Waals surface area contributed by atoms with Crippen molar-refractivity contribution in [3.05, 3.63) is 0 Å². The van der Waals surface area contributed by atoms with Crippen LogP contribution in [0.5, 0.6) is 0 Å². The van der Waals surface area contributed by atoms with Gasteiger partial charge in [0.15, 0.2) is 0 Å². The fourth-order valence-electron chi connectivity index (χ4n) is 0.903. The van der Waals surface area contributed by atoms with E-state index in [1.54, 1.807) is 13.8 Å². The van der Waals surface area contributed by atoms with Crippen LogP contribution in [-0.4, -0.2) is 24.1 Å². The number of carbonyl (C=O) groups excluding carboxylic acids is 2. The fraction of sp³-hybridized carbons (Fsp3) is 0.833. The molecule has 104 valence electrons. The monoisotopic (exact) mass is 260 g/mol. The summed E-state index contributed by atoms with van der Waals surface area (Å²) in [6.45, 7) is 10.7. The van der Waals surface area contributed by atoms with E-state index in [-0.39, 0.29) is 12.0 Å². The van der Waals surface area contributed by atoms with Gasteiger partial charge >= 0.3 is 11.9 Å². The van der Waals surface area contributed by atoms with Crippen LogP contribution in [0.3, 0.4) is 0 Å². The number of hydrogen-bond acceptors (Lipinski definition) is 6. The van der Waals surface area contributed by atoms with Crippen molar-refractivity contribution in [2.45, 2.75) is 47.1 Å². The molecular formula is C12H20O6. The van der Waals surface area contributed by atoms with Gasteiger partial charge < -0.3 is 0 Å². The highest BCUT2D eigenvalue weighted by Crippen LogP contribution is 2.39. The molecule has 6 nitrogen and oxygen atoms in total. The van der Waals surface area contributed by atoms with Crippen molar-refractivity contribution in [1.29, 1.82) is 0 Å². The molecule has 0 aromatic rings. The Morgan fingerprint density at radius 2 is 1.61 bits per heavy atom. The van der Waals surface area contributed by atoms with Gasteiger partial charge in [-0.05, 0) is 26.2 Å². The van der Waals surface area contributed by atoms with Crippen molar-refractivity contribution in [1.82, 2.24) is 0 Å². The highest BCUT2D eigenvalue weighted by Gasteiger charge is 2.48. The van der Waals surface area contributed by atoms with E-state index >= 15 is 0 Å². The largest absolute Gasteiger partial charge is 0.392 e. The molecule has 1 unspecified atom stereocenters. The van der Waals surface area contributed by atoms with Crippen LogP contribution in [0.15, 0.2) is 0 Å². The van der Waals surface area contributed by atoms with Crippen molar-refractivity contribution in [2.24, 2.45) is 10.8 Å². The molecule has 0 radical (unpaired) electrons. The van der Waals surface area contributed by atoms with E-state index in [1.165, 1.54) is 6.92 Å². The Morgan fingerprint density at radius 3 is 1.94 bits per heavy atom. The van der Waals surface area contributed by atoms with Crippen LogP contribution < -0.4 is 0 Å². The summed E-state index contributed by atoms with van der Waals surface area (Å²) in [7, 11) is 0. The lowest BCUT2D eigenvalue weighted by molar-refractivity contribution is -0.459. The molecule has 0 bridgehead atoms. The highest BCUT2D eigenvalue weighted by molar-refractivity contribution is 5.81. The van der Waals surface area contributed by atoms with E-state index in [1.807, 2.05) is 20.8 Å². The molecule has 0 aromatic carbocycles. The van der Waals surface area contributed by atoms with Crippen LogP contribution in [-0.2, 0) is 29.1 Å². The Balaban J connectivity index is 2.54. The van der Waals surface area contributed by atoms with Gasteiger partial charge in [-0.3, -0.25) is 0 Å². The third kappa shape index (κ3) is 2.64. The SMILES string of the molecule is CC1(C(=O)OOC(=O)C(C)(C)C(C)(C)C)COO1. The number of hydrogen-bond donors (Lipinski definition) is 0. The van der Waals surface area contributed by atoms with Crippen LogP contribution in [0, 0.1) is 10.8 Å². The van der Waals surface area contributed by atoms with Crippen LogP contribution in [0.25, 0.3) is 0 Å². The first-order chi connectivity index (χ1) is 8.01. The zero-order valence-electron chi connectivity index (χ0n) is 11.7. The summed E-state index contributed by atoms with van der Waals surface area (Å²) < 4.78 is 0. The second-order valence-electron chi connectivity index (χ2n) is 6.19. The minimum atomic E-state index is -1.19. The summed E-state index contributed by atoms with van der Waals surface area (Å²) >= 11 is 0. The Bertz CT molecular complexity index is 348. The summed E-state index contributed by atoms with van der Waals surface area (Å²) in [5.41, 5.74) is -2.30.